The Morgan fingerprint density at radius 1 is 0.844 bits per heavy atom. The predicted octanol–water partition coefficient (Wildman–Crippen LogP) is 7.28. The largest absolute Gasteiger partial charge is 0.488 e. The Hall–Kier alpha value is -3.29. The lowest BCUT2D eigenvalue weighted by atomic mass is 10.0. The van der Waals surface area contributed by atoms with Crippen molar-refractivity contribution in [1.82, 2.24) is 9.97 Å². The second-order valence-corrected chi connectivity index (χ2v) is 8.72. The van der Waals surface area contributed by atoms with Gasteiger partial charge in [0.2, 0.25) is 5.95 Å². The third-order valence-corrected chi connectivity index (χ3v) is 4.47. The average molecular weight is 445 g/mol. The number of ether oxygens (including phenoxy) is 1. The van der Waals surface area contributed by atoms with Gasteiger partial charge < -0.3 is 15.4 Å². The lowest BCUT2D eigenvalue weighted by Crippen LogP contribution is -2.22. The first-order chi connectivity index (χ1) is 14.9. The number of aromatic nitrogens is 2. The van der Waals surface area contributed by atoms with Gasteiger partial charge in [-0.15, -0.1) is 0 Å². The summed E-state index contributed by atoms with van der Waals surface area (Å²) in [5.41, 5.74) is 0.950. The third-order valence-electron chi connectivity index (χ3n) is 4.47. The molecule has 0 fully saturated rings. The highest BCUT2D eigenvalue weighted by Gasteiger charge is 2.35. The summed E-state index contributed by atoms with van der Waals surface area (Å²) in [5, 5.41) is 5.71. The molecular formula is C24H27F3N4O. The van der Waals surface area contributed by atoms with E-state index in [4.69, 9.17) is 4.74 Å². The maximum absolute atomic E-state index is 13.5. The van der Waals surface area contributed by atoms with Crippen molar-refractivity contribution >= 4 is 23.1 Å². The van der Waals surface area contributed by atoms with Crippen molar-refractivity contribution in [2.45, 2.75) is 52.3 Å². The summed E-state index contributed by atoms with van der Waals surface area (Å²) in [4.78, 5) is 7.93. The molecule has 3 aromatic rings. The first-order valence-corrected chi connectivity index (χ1v) is 10.3. The number of nitrogens with zero attached hydrogens (tertiary/aromatic N) is 2. The average Bonchev–Trinajstić information content (AvgIpc) is 2.68. The fourth-order valence-corrected chi connectivity index (χ4v) is 2.92. The fourth-order valence-electron chi connectivity index (χ4n) is 2.92. The summed E-state index contributed by atoms with van der Waals surface area (Å²) in [5.74, 6) is 0.734. The molecule has 2 N–H and O–H groups in total. The van der Waals surface area contributed by atoms with Crippen molar-refractivity contribution in [3.63, 3.8) is 0 Å². The maximum Gasteiger partial charge on any atom is 0.421 e. The van der Waals surface area contributed by atoms with Crippen LogP contribution in [0, 0.1) is 0 Å². The molecule has 32 heavy (non-hydrogen) atoms. The van der Waals surface area contributed by atoms with Crippen LogP contribution in [0.2, 0.25) is 0 Å². The molecule has 0 aliphatic carbocycles. The Bertz CT molecular complexity index is 1040. The minimum atomic E-state index is -4.59. The van der Waals surface area contributed by atoms with Crippen LogP contribution >= 0.6 is 0 Å². The van der Waals surface area contributed by atoms with E-state index < -0.39 is 11.7 Å². The van der Waals surface area contributed by atoms with Gasteiger partial charge in [-0.2, -0.15) is 18.2 Å². The minimum Gasteiger partial charge on any atom is -0.488 e. The van der Waals surface area contributed by atoms with Crippen LogP contribution < -0.4 is 15.4 Å². The number of benzene rings is 2. The SMILES string of the molecule is CC(C)c1ccc(Nc2nc(Nc3ccc(OC(C)(C)C)cc3)ncc2C(F)(F)F)cc1. The number of hydrogen-bond donors (Lipinski definition) is 2. The van der Waals surface area contributed by atoms with Gasteiger partial charge in [0.1, 0.15) is 22.7 Å². The molecule has 8 heteroatoms. The summed E-state index contributed by atoms with van der Waals surface area (Å²) in [6, 6.07) is 14.3. The highest BCUT2D eigenvalue weighted by Crippen LogP contribution is 2.35. The van der Waals surface area contributed by atoms with Gasteiger partial charge in [0.05, 0.1) is 0 Å². The van der Waals surface area contributed by atoms with Crippen molar-refractivity contribution in [2.24, 2.45) is 0 Å². The standard InChI is InChI=1S/C24H27F3N4O/c1-15(2)16-6-8-17(9-7-16)29-21-20(24(25,26)27)14-28-22(31-21)30-18-10-12-19(13-11-18)32-23(3,4)5/h6-15H,1-5H3,(H2,28,29,30,31). The Labute approximate surface area is 186 Å². The molecule has 170 valence electrons. The van der Waals surface area contributed by atoms with Crippen molar-refractivity contribution < 1.29 is 17.9 Å². The number of hydrogen-bond acceptors (Lipinski definition) is 5. The van der Waals surface area contributed by atoms with Gasteiger partial charge in [0.25, 0.3) is 0 Å². The van der Waals surface area contributed by atoms with E-state index in [1.54, 1.807) is 36.4 Å². The zero-order chi connectivity index (χ0) is 23.5. The number of alkyl halides is 3. The molecule has 0 aliphatic heterocycles. The Morgan fingerprint density at radius 3 is 1.94 bits per heavy atom. The van der Waals surface area contributed by atoms with Crippen LogP contribution in [0.15, 0.2) is 54.7 Å². The molecule has 3 rings (SSSR count). The highest BCUT2D eigenvalue weighted by atomic mass is 19.4. The summed E-state index contributed by atoms with van der Waals surface area (Å²) in [6.45, 7) is 9.93. The van der Waals surface area contributed by atoms with E-state index in [1.165, 1.54) is 0 Å². The van der Waals surface area contributed by atoms with E-state index in [2.05, 4.69) is 20.6 Å². The topological polar surface area (TPSA) is 59.1 Å². The summed E-state index contributed by atoms with van der Waals surface area (Å²) >= 11 is 0. The molecule has 0 atom stereocenters. The highest BCUT2D eigenvalue weighted by molar-refractivity contribution is 5.63. The van der Waals surface area contributed by atoms with Crippen LogP contribution in [-0.4, -0.2) is 15.6 Å². The molecule has 0 spiro atoms. The molecule has 2 aromatic carbocycles. The van der Waals surface area contributed by atoms with E-state index in [0.29, 0.717) is 23.0 Å². The third kappa shape index (κ3) is 6.35. The van der Waals surface area contributed by atoms with Crippen LogP contribution in [0.1, 0.15) is 51.7 Å². The second-order valence-electron chi connectivity index (χ2n) is 8.72. The molecule has 0 aliphatic rings. The van der Waals surface area contributed by atoms with Gasteiger partial charge in [-0.1, -0.05) is 26.0 Å². The molecule has 0 saturated heterocycles. The van der Waals surface area contributed by atoms with Crippen LogP contribution in [0.25, 0.3) is 0 Å². The Morgan fingerprint density at radius 2 is 1.41 bits per heavy atom. The van der Waals surface area contributed by atoms with Crippen molar-refractivity contribution in [3.8, 4) is 5.75 Å². The molecule has 5 nitrogen and oxygen atoms in total. The lowest BCUT2D eigenvalue weighted by Gasteiger charge is -2.21. The van der Waals surface area contributed by atoms with Crippen molar-refractivity contribution in [1.29, 1.82) is 0 Å². The number of halogens is 3. The lowest BCUT2D eigenvalue weighted by molar-refractivity contribution is -0.137. The number of rotatable bonds is 6. The quantitative estimate of drug-likeness (QED) is 0.418. The molecule has 0 amide bonds. The summed E-state index contributed by atoms with van der Waals surface area (Å²) in [7, 11) is 0. The predicted molar refractivity (Wildman–Crippen MR) is 121 cm³/mol. The van der Waals surface area contributed by atoms with E-state index in [0.717, 1.165) is 11.8 Å². The number of anilines is 4. The molecular weight excluding hydrogens is 417 g/mol. The van der Waals surface area contributed by atoms with Crippen LogP contribution in [-0.2, 0) is 6.18 Å². The van der Waals surface area contributed by atoms with E-state index in [-0.39, 0.29) is 17.4 Å². The zero-order valence-corrected chi connectivity index (χ0v) is 18.7. The maximum atomic E-state index is 13.5. The molecule has 1 heterocycles. The number of nitrogens with one attached hydrogen (secondary N) is 2. The molecule has 0 radical (unpaired) electrons. The van der Waals surface area contributed by atoms with Gasteiger partial charge in [0, 0.05) is 17.6 Å². The zero-order valence-electron chi connectivity index (χ0n) is 18.7. The molecule has 0 unspecified atom stereocenters. The van der Waals surface area contributed by atoms with Crippen LogP contribution in [0.4, 0.5) is 36.3 Å². The van der Waals surface area contributed by atoms with Gasteiger partial charge in [-0.05, 0) is 68.7 Å². The minimum absolute atomic E-state index is 0.0452. The van der Waals surface area contributed by atoms with E-state index in [1.807, 2.05) is 46.8 Å². The van der Waals surface area contributed by atoms with Crippen molar-refractivity contribution in [2.75, 3.05) is 10.6 Å². The monoisotopic (exact) mass is 444 g/mol. The van der Waals surface area contributed by atoms with E-state index >= 15 is 0 Å². The first kappa shape index (κ1) is 23.4. The second kappa shape index (κ2) is 9.06. The van der Waals surface area contributed by atoms with Gasteiger partial charge >= 0.3 is 6.18 Å². The van der Waals surface area contributed by atoms with Crippen LogP contribution in [0.3, 0.4) is 0 Å². The van der Waals surface area contributed by atoms with Gasteiger partial charge in [-0.3, -0.25) is 0 Å². The van der Waals surface area contributed by atoms with Crippen molar-refractivity contribution in [3.05, 3.63) is 65.9 Å². The summed E-state index contributed by atoms with van der Waals surface area (Å²) in [6.07, 6.45) is -3.82. The smallest absolute Gasteiger partial charge is 0.421 e. The van der Waals surface area contributed by atoms with Gasteiger partial charge in [-0.25, -0.2) is 4.98 Å². The van der Waals surface area contributed by atoms with Gasteiger partial charge in [0.15, 0.2) is 0 Å². The fraction of sp³-hybridized carbons (Fsp3) is 0.333. The molecule has 1 aromatic heterocycles. The molecule has 0 bridgehead atoms. The normalized spacial score (nSPS) is 12.0. The summed E-state index contributed by atoms with van der Waals surface area (Å²) < 4.78 is 46.3. The van der Waals surface area contributed by atoms with E-state index in [9.17, 15) is 13.2 Å². The molecule has 0 saturated carbocycles. The first-order valence-electron chi connectivity index (χ1n) is 10.3. The Balaban J connectivity index is 1.84. The van der Waals surface area contributed by atoms with Crippen LogP contribution in [0.5, 0.6) is 5.75 Å². The Kier molecular flexibility index (Phi) is 6.62.